The van der Waals surface area contributed by atoms with Crippen molar-refractivity contribution >= 4 is 37.2 Å². The summed E-state index contributed by atoms with van der Waals surface area (Å²) < 4.78 is 47.6. The summed E-state index contributed by atoms with van der Waals surface area (Å²) in [6, 6.07) is 0. The van der Waals surface area contributed by atoms with Crippen LogP contribution in [0, 0.1) is 0 Å². The molecule has 0 atom stereocenters. The van der Waals surface area contributed by atoms with Gasteiger partial charge in [-0.2, -0.15) is 0 Å². The molecule has 108 valence electrons. The first-order chi connectivity index (χ1) is 8.69. The van der Waals surface area contributed by atoms with Crippen LogP contribution in [0.1, 0.15) is 17.4 Å². The number of aromatic carboxylic acids is 1. The van der Waals surface area contributed by atoms with Crippen LogP contribution in [0.5, 0.6) is 0 Å². The Morgan fingerprint density at radius 3 is 2.58 bits per heavy atom. The number of carboxylic acids is 1. The minimum Gasteiger partial charge on any atom is -0.476 e. The van der Waals surface area contributed by atoms with Crippen molar-refractivity contribution in [2.45, 2.75) is 11.1 Å². The van der Waals surface area contributed by atoms with E-state index in [-0.39, 0.29) is 18.1 Å². The summed E-state index contributed by atoms with van der Waals surface area (Å²) in [5.41, 5.74) is 0.525. The molecule has 0 saturated heterocycles. The van der Waals surface area contributed by atoms with E-state index in [4.69, 9.17) is 5.11 Å². The molecule has 0 spiro atoms. The Morgan fingerprint density at radius 1 is 1.42 bits per heavy atom. The molecule has 0 aliphatic heterocycles. The first kappa shape index (κ1) is 16.0. The van der Waals surface area contributed by atoms with Crippen LogP contribution in [0.4, 0.5) is 0 Å². The van der Waals surface area contributed by atoms with Gasteiger partial charge in [0.05, 0.1) is 11.3 Å². The number of sulfonamides is 1. The highest BCUT2D eigenvalue weighted by Gasteiger charge is 2.25. The molecule has 0 saturated carbocycles. The van der Waals surface area contributed by atoms with Crippen LogP contribution in [0.15, 0.2) is 9.72 Å². The molecule has 1 rings (SSSR count). The Morgan fingerprint density at radius 2 is 2.05 bits per heavy atom. The number of nitrogens with zero attached hydrogens (tertiary/aromatic N) is 1. The molecule has 11 heteroatoms. The SMILES string of the molecule is CCS(=O)(=O)CCNS(=O)(=O)c1scnc1C(=O)O. The largest absolute Gasteiger partial charge is 0.476 e. The topological polar surface area (TPSA) is 130 Å². The minimum absolute atomic E-state index is 0.0876. The summed E-state index contributed by atoms with van der Waals surface area (Å²) in [6.45, 7) is 1.14. The highest BCUT2D eigenvalue weighted by Crippen LogP contribution is 2.19. The number of nitrogens with one attached hydrogen (secondary N) is 1. The van der Waals surface area contributed by atoms with Gasteiger partial charge < -0.3 is 5.11 Å². The average molecular weight is 328 g/mol. The predicted molar refractivity (Wildman–Crippen MR) is 68.6 cm³/mol. The number of thiazole rings is 1. The Balaban J connectivity index is 2.83. The zero-order valence-corrected chi connectivity index (χ0v) is 12.3. The fourth-order valence-electron chi connectivity index (χ4n) is 1.11. The fourth-order valence-corrected chi connectivity index (χ4v) is 4.16. The van der Waals surface area contributed by atoms with E-state index in [0.717, 1.165) is 5.51 Å². The molecule has 1 aromatic rings. The van der Waals surface area contributed by atoms with Gasteiger partial charge in [-0.3, -0.25) is 0 Å². The van der Waals surface area contributed by atoms with Gasteiger partial charge in [-0.05, 0) is 0 Å². The third-order valence-electron chi connectivity index (χ3n) is 2.13. The maximum atomic E-state index is 11.8. The summed E-state index contributed by atoms with van der Waals surface area (Å²) >= 11 is 0.657. The third-order valence-corrected chi connectivity index (χ3v) is 6.66. The van der Waals surface area contributed by atoms with Gasteiger partial charge in [-0.25, -0.2) is 31.3 Å². The van der Waals surface area contributed by atoms with Crippen molar-refractivity contribution in [3.63, 3.8) is 0 Å². The Bertz CT molecular complexity index is 660. The number of carbonyl (C=O) groups is 1. The van der Waals surface area contributed by atoms with E-state index in [0.29, 0.717) is 11.3 Å². The Labute approximate surface area is 114 Å². The summed E-state index contributed by atoms with van der Waals surface area (Å²) in [5.74, 6) is -1.89. The maximum absolute atomic E-state index is 11.8. The number of hydrogen-bond donors (Lipinski definition) is 2. The normalized spacial score (nSPS) is 12.5. The minimum atomic E-state index is -4.06. The zero-order chi connectivity index (χ0) is 14.7. The van der Waals surface area contributed by atoms with Crippen molar-refractivity contribution in [1.82, 2.24) is 9.71 Å². The lowest BCUT2D eigenvalue weighted by atomic mass is 10.5. The lowest BCUT2D eigenvalue weighted by Gasteiger charge is -2.05. The van der Waals surface area contributed by atoms with Crippen molar-refractivity contribution in [1.29, 1.82) is 0 Å². The quantitative estimate of drug-likeness (QED) is 0.693. The zero-order valence-electron chi connectivity index (χ0n) is 9.86. The highest BCUT2D eigenvalue weighted by atomic mass is 32.2. The molecule has 0 radical (unpaired) electrons. The number of hydrogen-bond acceptors (Lipinski definition) is 7. The van der Waals surface area contributed by atoms with E-state index < -0.39 is 35.7 Å². The fraction of sp³-hybridized carbons (Fsp3) is 0.500. The summed E-state index contributed by atoms with van der Waals surface area (Å²) in [6.07, 6.45) is 0. The van der Waals surface area contributed by atoms with Crippen LogP contribution in [0.3, 0.4) is 0 Å². The maximum Gasteiger partial charge on any atom is 0.356 e. The van der Waals surface area contributed by atoms with Gasteiger partial charge in [0.15, 0.2) is 19.7 Å². The smallest absolute Gasteiger partial charge is 0.356 e. The lowest BCUT2D eigenvalue weighted by Crippen LogP contribution is -2.30. The van der Waals surface area contributed by atoms with Gasteiger partial charge in [0, 0.05) is 12.3 Å². The van der Waals surface area contributed by atoms with Gasteiger partial charge in [-0.1, -0.05) is 6.92 Å². The van der Waals surface area contributed by atoms with Crippen molar-refractivity contribution in [3.05, 3.63) is 11.2 Å². The van der Waals surface area contributed by atoms with Crippen LogP contribution >= 0.6 is 11.3 Å². The second-order valence-electron chi connectivity index (χ2n) is 3.43. The molecule has 0 aliphatic rings. The summed E-state index contributed by atoms with van der Waals surface area (Å²) in [4.78, 5) is 14.2. The standard InChI is InChI=1S/C8H12N2O6S3/c1-2-18(13,14)4-3-10-19(15,16)8-6(7(11)12)9-5-17-8/h5,10H,2-4H2,1H3,(H,11,12). The second kappa shape index (κ2) is 5.94. The van der Waals surface area contributed by atoms with E-state index in [1.165, 1.54) is 6.92 Å². The molecule has 0 unspecified atom stereocenters. The van der Waals surface area contributed by atoms with E-state index in [1.807, 2.05) is 4.72 Å². The number of sulfone groups is 1. The molecule has 2 N–H and O–H groups in total. The number of rotatable bonds is 7. The number of carboxylic acid groups (broad SMARTS) is 1. The van der Waals surface area contributed by atoms with Gasteiger partial charge >= 0.3 is 5.97 Å². The predicted octanol–water partition coefficient (Wildman–Crippen LogP) is -0.446. The lowest BCUT2D eigenvalue weighted by molar-refractivity contribution is 0.0687. The Hall–Kier alpha value is -1.04. The molecule has 0 fully saturated rings. The summed E-state index contributed by atoms with van der Waals surface area (Å²) in [7, 11) is -7.36. The van der Waals surface area contributed by atoms with Crippen molar-refractivity contribution < 1.29 is 26.7 Å². The van der Waals surface area contributed by atoms with Crippen LogP contribution in [0.25, 0.3) is 0 Å². The van der Waals surface area contributed by atoms with Gasteiger partial charge in [0.25, 0.3) is 10.0 Å². The van der Waals surface area contributed by atoms with Gasteiger partial charge in [-0.15, -0.1) is 11.3 Å². The van der Waals surface area contributed by atoms with Crippen LogP contribution in [-0.4, -0.2) is 50.9 Å². The molecule has 1 aromatic heterocycles. The first-order valence-corrected chi connectivity index (χ1v) is 9.25. The van der Waals surface area contributed by atoms with Crippen molar-refractivity contribution in [3.8, 4) is 0 Å². The average Bonchev–Trinajstić information content (AvgIpc) is 2.78. The summed E-state index contributed by atoms with van der Waals surface area (Å²) in [5, 5.41) is 8.77. The molecule has 0 aromatic carbocycles. The van der Waals surface area contributed by atoms with E-state index >= 15 is 0 Å². The van der Waals surface area contributed by atoms with E-state index in [9.17, 15) is 21.6 Å². The second-order valence-corrected chi connectivity index (χ2v) is 8.72. The first-order valence-electron chi connectivity index (χ1n) is 5.06. The van der Waals surface area contributed by atoms with Crippen LogP contribution in [-0.2, 0) is 19.9 Å². The molecular formula is C8H12N2O6S3. The molecule has 1 heterocycles. The molecule has 0 aliphatic carbocycles. The molecule has 0 bridgehead atoms. The highest BCUT2D eigenvalue weighted by molar-refractivity contribution is 7.92. The molecular weight excluding hydrogens is 316 g/mol. The Kier molecular flexibility index (Phi) is 5.01. The van der Waals surface area contributed by atoms with Crippen LogP contribution in [0.2, 0.25) is 0 Å². The molecule has 0 amide bonds. The van der Waals surface area contributed by atoms with E-state index in [2.05, 4.69) is 4.98 Å². The van der Waals surface area contributed by atoms with Gasteiger partial charge in [0.2, 0.25) is 0 Å². The van der Waals surface area contributed by atoms with Crippen molar-refractivity contribution in [2.75, 3.05) is 18.1 Å². The van der Waals surface area contributed by atoms with Gasteiger partial charge in [0.1, 0.15) is 0 Å². The number of aromatic nitrogens is 1. The third kappa shape index (κ3) is 4.23. The molecule has 19 heavy (non-hydrogen) atoms. The van der Waals surface area contributed by atoms with E-state index in [1.54, 1.807) is 0 Å². The van der Waals surface area contributed by atoms with Crippen LogP contribution < -0.4 is 4.72 Å². The molecule has 8 nitrogen and oxygen atoms in total. The monoisotopic (exact) mass is 328 g/mol. The van der Waals surface area contributed by atoms with Crippen molar-refractivity contribution in [2.24, 2.45) is 0 Å².